The highest BCUT2D eigenvalue weighted by molar-refractivity contribution is 9.10. The van der Waals surface area contributed by atoms with Crippen LogP contribution in [0.15, 0.2) is 46.9 Å². The number of hydrogen-bond donors (Lipinski definition) is 2. The number of ether oxygens (including phenoxy) is 2. The number of hydrogen-bond acceptors (Lipinski definition) is 4. The molecule has 144 valence electrons. The number of amides is 1. The van der Waals surface area contributed by atoms with Crippen LogP contribution in [0.4, 0.5) is 5.69 Å². The van der Waals surface area contributed by atoms with E-state index in [1.807, 2.05) is 37.3 Å². The summed E-state index contributed by atoms with van der Waals surface area (Å²) in [6.07, 6.45) is 2.12. The molecule has 0 unspecified atom stereocenters. The molecule has 0 spiro atoms. The lowest BCUT2D eigenvalue weighted by Gasteiger charge is -2.13. The molecule has 5 nitrogen and oxygen atoms in total. The van der Waals surface area contributed by atoms with E-state index in [-0.39, 0.29) is 11.0 Å². The molecule has 2 aromatic carbocycles. The van der Waals surface area contributed by atoms with Gasteiger partial charge in [-0.15, -0.1) is 0 Å². The van der Waals surface area contributed by atoms with Gasteiger partial charge in [-0.2, -0.15) is 0 Å². The zero-order chi connectivity index (χ0) is 19.6. The molecule has 0 saturated heterocycles. The van der Waals surface area contributed by atoms with Gasteiger partial charge in [-0.05, 0) is 68.0 Å². The van der Waals surface area contributed by atoms with E-state index in [9.17, 15) is 4.79 Å². The highest BCUT2D eigenvalue weighted by Crippen LogP contribution is 2.23. The Hall–Kier alpha value is -2.12. The first-order chi connectivity index (χ1) is 13.0. The summed E-state index contributed by atoms with van der Waals surface area (Å²) in [5.41, 5.74) is 1.18. The van der Waals surface area contributed by atoms with Gasteiger partial charge in [0.05, 0.1) is 18.8 Å². The first kappa shape index (κ1) is 21.2. The molecule has 0 saturated carbocycles. The molecule has 7 heteroatoms. The highest BCUT2D eigenvalue weighted by atomic mass is 79.9. The van der Waals surface area contributed by atoms with Gasteiger partial charge in [0.1, 0.15) is 11.5 Å². The maximum Gasteiger partial charge on any atom is 0.261 e. The largest absolute Gasteiger partial charge is 0.494 e. The van der Waals surface area contributed by atoms with E-state index in [1.165, 1.54) is 0 Å². The lowest BCUT2D eigenvalue weighted by atomic mass is 10.2. The summed E-state index contributed by atoms with van der Waals surface area (Å²) in [5, 5.41) is 5.88. The van der Waals surface area contributed by atoms with Crippen LogP contribution >= 0.6 is 28.1 Å². The zero-order valence-corrected chi connectivity index (χ0v) is 17.8. The number of benzene rings is 2. The van der Waals surface area contributed by atoms with Crippen molar-refractivity contribution in [2.45, 2.75) is 26.7 Å². The predicted octanol–water partition coefficient (Wildman–Crippen LogP) is 5.15. The molecule has 0 aliphatic carbocycles. The molecular weight excluding hydrogens is 428 g/mol. The van der Waals surface area contributed by atoms with Gasteiger partial charge in [-0.3, -0.25) is 10.1 Å². The van der Waals surface area contributed by atoms with Crippen molar-refractivity contribution in [3.05, 3.63) is 52.5 Å². The van der Waals surface area contributed by atoms with Crippen LogP contribution in [0, 0.1) is 0 Å². The average molecular weight is 451 g/mol. The Bertz CT molecular complexity index is 781. The van der Waals surface area contributed by atoms with Crippen molar-refractivity contribution in [3.63, 3.8) is 0 Å². The Balaban J connectivity index is 1.95. The summed E-state index contributed by atoms with van der Waals surface area (Å²) in [5.74, 6) is 0.978. The predicted molar refractivity (Wildman–Crippen MR) is 116 cm³/mol. The summed E-state index contributed by atoms with van der Waals surface area (Å²) in [6.45, 7) is 5.16. The molecule has 0 atom stereocenters. The van der Waals surface area contributed by atoms with Gasteiger partial charge in [0, 0.05) is 10.2 Å². The van der Waals surface area contributed by atoms with Crippen LogP contribution in [0.3, 0.4) is 0 Å². The minimum absolute atomic E-state index is 0.210. The number of carbonyl (C=O) groups excluding carboxylic acids is 1. The molecule has 0 bridgehead atoms. The Morgan fingerprint density at radius 3 is 2.52 bits per heavy atom. The van der Waals surface area contributed by atoms with Crippen molar-refractivity contribution < 1.29 is 14.3 Å². The third kappa shape index (κ3) is 6.84. The molecule has 27 heavy (non-hydrogen) atoms. The van der Waals surface area contributed by atoms with E-state index in [0.717, 1.165) is 28.8 Å². The molecule has 0 radical (unpaired) electrons. The number of rotatable bonds is 8. The van der Waals surface area contributed by atoms with Crippen LogP contribution in [0.1, 0.15) is 37.0 Å². The molecule has 2 aromatic rings. The second kappa shape index (κ2) is 10.9. The smallest absolute Gasteiger partial charge is 0.261 e. The normalized spacial score (nSPS) is 10.2. The van der Waals surface area contributed by atoms with E-state index in [0.29, 0.717) is 24.5 Å². The summed E-state index contributed by atoms with van der Waals surface area (Å²) in [4.78, 5) is 12.5. The van der Waals surface area contributed by atoms with Crippen LogP contribution < -0.4 is 20.1 Å². The van der Waals surface area contributed by atoms with Crippen molar-refractivity contribution in [3.8, 4) is 11.5 Å². The number of anilines is 1. The fourth-order valence-corrected chi connectivity index (χ4v) is 2.83. The van der Waals surface area contributed by atoms with Crippen LogP contribution in [0.5, 0.6) is 11.5 Å². The number of unbranched alkanes of at least 4 members (excludes halogenated alkanes) is 1. The molecular formula is C20H23BrN2O3S. The lowest BCUT2D eigenvalue weighted by molar-refractivity contribution is 0.0974. The molecule has 1 amide bonds. The van der Waals surface area contributed by atoms with E-state index in [2.05, 4.69) is 33.5 Å². The Kier molecular flexibility index (Phi) is 8.54. The van der Waals surface area contributed by atoms with Crippen molar-refractivity contribution >= 4 is 44.9 Å². The molecule has 0 aliphatic heterocycles. The third-order valence-electron chi connectivity index (χ3n) is 3.59. The van der Waals surface area contributed by atoms with Crippen LogP contribution in [0.2, 0.25) is 0 Å². The summed E-state index contributed by atoms with van der Waals surface area (Å²) in [6, 6.07) is 12.7. The minimum Gasteiger partial charge on any atom is -0.494 e. The fraction of sp³-hybridized carbons (Fsp3) is 0.300. The monoisotopic (exact) mass is 450 g/mol. The second-order valence-corrected chi connectivity index (χ2v) is 7.03. The van der Waals surface area contributed by atoms with Gasteiger partial charge < -0.3 is 14.8 Å². The quantitative estimate of drug-likeness (QED) is 0.429. The topological polar surface area (TPSA) is 59.6 Å². The molecule has 0 heterocycles. The van der Waals surface area contributed by atoms with Crippen LogP contribution in [-0.4, -0.2) is 24.2 Å². The SMILES string of the molecule is CCCCOc1ccc(NC(=S)NC(=O)c2cc(Br)ccc2OCC)cc1. The standard InChI is InChI=1S/C20H23BrN2O3S/c1-3-5-12-26-16-9-7-15(8-10-16)22-20(27)23-19(24)17-13-14(21)6-11-18(17)25-4-2/h6-11,13H,3-5,12H2,1-2H3,(H2,22,23,24,27). The summed E-state index contributed by atoms with van der Waals surface area (Å²) >= 11 is 8.61. The van der Waals surface area contributed by atoms with Crippen LogP contribution in [0.25, 0.3) is 0 Å². The highest BCUT2D eigenvalue weighted by Gasteiger charge is 2.14. The first-order valence-corrected chi connectivity index (χ1v) is 10.0. The Labute approximate surface area is 173 Å². The molecule has 0 aromatic heterocycles. The van der Waals surface area contributed by atoms with Gasteiger partial charge >= 0.3 is 0 Å². The molecule has 2 N–H and O–H groups in total. The Morgan fingerprint density at radius 1 is 1.11 bits per heavy atom. The minimum atomic E-state index is -0.336. The maximum atomic E-state index is 12.5. The van der Waals surface area contributed by atoms with E-state index in [1.54, 1.807) is 12.1 Å². The van der Waals surface area contributed by atoms with Crippen LogP contribution in [-0.2, 0) is 0 Å². The van der Waals surface area contributed by atoms with Gasteiger partial charge in [-0.1, -0.05) is 29.3 Å². The van der Waals surface area contributed by atoms with E-state index >= 15 is 0 Å². The van der Waals surface area contributed by atoms with Gasteiger partial charge in [-0.25, -0.2) is 0 Å². The van der Waals surface area contributed by atoms with E-state index in [4.69, 9.17) is 21.7 Å². The lowest BCUT2D eigenvalue weighted by Crippen LogP contribution is -2.34. The van der Waals surface area contributed by atoms with Gasteiger partial charge in [0.2, 0.25) is 0 Å². The third-order valence-corrected chi connectivity index (χ3v) is 4.29. The second-order valence-electron chi connectivity index (χ2n) is 5.71. The summed E-state index contributed by atoms with van der Waals surface area (Å²) in [7, 11) is 0. The Morgan fingerprint density at radius 2 is 1.85 bits per heavy atom. The number of nitrogens with one attached hydrogen (secondary N) is 2. The number of halogens is 1. The summed E-state index contributed by atoms with van der Waals surface area (Å²) < 4.78 is 11.9. The van der Waals surface area contributed by atoms with Crippen molar-refractivity contribution in [1.82, 2.24) is 5.32 Å². The number of thiocarbonyl (C=S) groups is 1. The molecule has 0 aliphatic rings. The molecule has 0 fully saturated rings. The maximum absolute atomic E-state index is 12.5. The van der Waals surface area contributed by atoms with Crippen molar-refractivity contribution in [2.75, 3.05) is 18.5 Å². The van der Waals surface area contributed by atoms with Gasteiger partial charge in [0.25, 0.3) is 5.91 Å². The average Bonchev–Trinajstić information content (AvgIpc) is 2.65. The van der Waals surface area contributed by atoms with E-state index < -0.39 is 0 Å². The fourth-order valence-electron chi connectivity index (χ4n) is 2.26. The van der Waals surface area contributed by atoms with Crippen molar-refractivity contribution in [1.29, 1.82) is 0 Å². The first-order valence-electron chi connectivity index (χ1n) is 8.81. The van der Waals surface area contributed by atoms with Gasteiger partial charge in [0.15, 0.2) is 5.11 Å². The number of carbonyl (C=O) groups is 1. The zero-order valence-electron chi connectivity index (χ0n) is 15.4. The van der Waals surface area contributed by atoms with Crippen molar-refractivity contribution in [2.24, 2.45) is 0 Å². The molecule has 2 rings (SSSR count).